The zero-order valence-corrected chi connectivity index (χ0v) is 10.9. The van der Waals surface area contributed by atoms with Crippen molar-refractivity contribution in [3.05, 3.63) is 23.8 Å². The molecule has 5 heteroatoms. The molecule has 1 aliphatic heterocycles. The second kappa shape index (κ2) is 6.99. The molecule has 1 heterocycles. The third-order valence-electron chi connectivity index (χ3n) is 2.98. The highest BCUT2D eigenvalue weighted by Crippen LogP contribution is 2.32. The summed E-state index contributed by atoms with van der Waals surface area (Å²) in [6, 6.07) is 5.81. The van der Waals surface area contributed by atoms with Gasteiger partial charge in [-0.15, -0.1) is 0 Å². The Morgan fingerprint density at radius 2 is 2.11 bits per heavy atom. The van der Waals surface area contributed by atoms with Crippen molar-refractivity contribution in [2.45, 2.75) is 25.7 Å². The Morgan fingerprint density at radius 3 is 2.95 bits per heavy atom. The Morgan fingerprint density at radius 1 is 1.26 bits per heavy atom. The van der Waals surface area contributed by atoms with E-state index in [1.807, 2.05) is 18.2 Å². The smallest absolute Gasteiger partial charge is 0.231 e. The van der Waals surface area contributed by atoms with Crippen LogP contribution in [-0.2, 0) is 11.2 Å². The Bertz CT molecular complexity index is 433. The number of carbonyl (C=O) groups is 1. The minimum absolute atomic E-state index is 0.0363. The van der Waals surface area contributed by atoms with Crippen molar-refractivity contribution in [1.82, 2.24) is 5.32 Å². The quantitative estimate of drug-likeness (QED) is 0.728. The van der Waals surface area contributed by atoms with Crippen molar-refractivity contribution in [3.8, 4) is 11.5 Å². The molecule has 19 heavy (non-hydrogen) atoms. The number of ether oxygens (including phenoxy) is 2. The molecule has 104 valence electrons. The van der Waals surface area contributed by atoms with E-state index in [9.17, 15) is 4.79 Å². The average Bonchev–Trinajstić information content (AvgIpc) is 2.86. The number of amides is 1. The van der Waals surface area contributed by atoms with Crippen LogP contribution >= 0.6 is 0 Å². The maximum absolute atomic E-state index is 11.5. The molecule has 2 N–H and O–H groups in total. The second-order valence-corrected chi connectivity index (χ2v) is 4.47. The Hall–Kier alpha value is -1.75. The molecule has 1 aromatic rings. The Balaban J connectivity index is 1.69. The molecular weight excluding hydrogens is 246 g/mol. The fourth-order valence-corrected chi connectivity index (χ4v) is 1.93. The number of hydrogen-bond acceptors (Lipinski definition) is 4. The summed E-state index contributed by atoms with van der Waals surface area (Å²) in [5.41, 5.74) is 1.11. The van der Waals surface area contributed by atoms with Crippen molar-refractivity contribution < 1.29 is 19.4 Å². The SMILES string of the molecule is O=C(CCCCO)NCCc1ccc2c(c1)OCO2. The molecule has 0 radical (unpaired) electrons. The van der Waals surface area contributed by atoms with Gasteiger partial charge in [0.05, 0.1) is 0 Å². The van der Waals surface area contributed by atoms with Crippen LogP contribution in [0.1, 0.15) is 24.8 Å². The van der Waals surface area contributed by atoms with Crippen molar-refractivity contribution in [2.75, 3.05) is 19.9 Å². The first-order valence-corrected chi connectivity index (χ1v) is 6.55. The summed E-state index contributed by atoms with van der Waals surface area (Å²) >= 11 is 0. The van der Waals surface area contributed by atoms with E-state index in [-0.39, 0.29) is 19.3 Å². The minimum Gasteiger partial charge on any atom is -0.454 e. The van der Waals surface area contributed by atoms with E-state index in [1.165, 1.54) is 0 Å². The fraction of sp³-hybridized carbons (Fsp3) is 0.500. The van der Waals surface area contributed by atoms with Crippen LogP contribution in [0.25, 0.3) is 0 Å². The standard InChI is InChI=1S/C14H19NO4/c16-8-2-1-3-14(17)15-7-6-11-4-5-12-13(9-11)19-10-18-12/h4-5,9,16H,1-3,6-8,10H2,(H,15,17). The monoisotopic (exact) mass is 265 g/mol. The van der Waals surface area contributed by atoms with Crippen molar-refractivity contribution in [1.29, 1.82) is 0 Å². The normalized spacial score (nSPS) is 12.5. The molecule has 0 atom stereocenters. The molecule has 0 unspecified atom stereocenters. The summed E-state index contributed by atoms with van der Waals surface area (Å²) in [6.45, 7) is 1.03. The number of rotatable bonds is 7. The van der Waals surface area contributed by atoms with Crippen molar-refractivity contribution in [3.63, 3.8) is 0 Å². The molecule has 2 rings (SSSR count). The molecule has 0 saturated carbocycles. The molecule has 0 bridgehead atoms. The Labute approximate surface area is 112 Å². The van der Waals surface area contributed by atoms with Gasteiger partial charge in [0, 0.05) is 19.6 Å². The summed E-state index contributed by atoms with van der Waals surface area (Å²) in [4.78, 5) is 11.5. The van der Waals surface area contributed by atoms with Gasteiger partial charge in [-0.2, -0.15) is 0 Å². The van der Waals surface area contributed by atoms with Gasteiger partial charge >= 0.3 is 0 Å². The molecular formula is C14H19NO4. The fourth-order valence-electron chi connectivity index (χ4n) is 1.93. The lowest BCUT2D eigenvalue weighted by Crippen LogP contribution is -2.25. The molecule has 1 aromatic carbocycles. The zero-order valence-electron chi connectivity index (χ0n) is 10.9. The molecule has 1 amide bonds. The van der Waals surface area contributed by atoms with Crippen LogP contribution in [0.3, 0.4) is 0 Å². The highest BCUT2D eigenvalue weighted by Gasteiger charge is 2.12. The largest absolute Gasteiger partial charge is 0.454 e. The molecule has 0 saturated heterocycles. The summed E-state index contributed by atoms with van der Waals surface area (Å²) in [7, 11) is 0. The highest BCUT2D eigenvalue weighted by molar-refractivity contribution is 5.75. The maximum atomic E-state index is 11.5. The number of fused-ring (bicyclic) bond motifs is 1. The predicted molar refractivity (Wildman–Crippen MR) is 70.2 cm³/mol. The summed E-state index contributed by atoms with van der Waals surface area (Å²) in [5.74, 6) is 1.58. The number of aliphatic hydroxyl groups excluding tert-OH is 1. The van der Waals surface area contributed by atoms with E-state index in [1.54, 1.807) is 0 Å². The van der Waals surface area contributed by atoms with Crippen molar-refractivity contribution in [2.24, 2.45) is 0 Å². The first-order valence-electron chi connectivity index (χ1n) is 6.55. The third kappa shape index (κ3) is 4.13. The van der Waals surface area contributed by atoms with Gasteiger partial charge in [-0.05, 0) is 37.0 Å². The van der Waals surface area contributed by atoms with Crippen LogP contribution in [0.15, 0.2) is 18.2 Å². The van der Waals surface area contributed by atoms with Gasteiger partial charge < -0.3 is 19.9 Å². The van der Waals surface area contributed by atoms with Gasteiger partial charge in [-0.25, -0.2) is 0 Å². The molecule has 0 spiro atoms. The van der Waals surface area contributed by atoms with Crippen LogP contribution in [-0.4, -0.2) is 31.0 Å². The molecule has 0 aromatic heterocycles. The van der Waals surface area contributed by atoms with Crippen molar-refractivity contribution >= 4 is 5.91 Å². The maximum Gasteiger partial charge on any atom is 0.231 e. The van der Waals surface area contributed by atoms with E-state index < -0.39 is 0 Å². The van der Waals surface area contributed by atoms with E-state index in [2.05, 4.69) is 5.32 Å². The number of nitrogens with one attached hydrogen (secondary N) is 1. The lowest BCUT2D eigenvalue weighted by Gasteiger charge is -2.06. The lowest BCUT2D eigenvalue weighted by atomic mass is 10.1. The topological polar surface area (TPSA) is 67.8 Å². The van der Waals surface area contributed by atoms with Gasteiger partial charge in [-0.1, -0.05) is 6.07 Å². The number of benzene rings is 1. The van der Waals surface area contributed by atoms with E-state index in [0.717, 1.165) is 29.9 Å². The number of hydrogen-bond donors (Lipinski definition) is 2. The van der Waals surface area contributed by atoms with Gasteiger partial charge in [0.2, 0.25) is 12.7 Å². The third-order valence-corrected chi connectivity index (χ3v) is 2.98. The first-order chi connectivity index (χ1) is 9.29. The second-order valence-electron chi connectivity index (χ2n) is 4.47. The van der Waals surface area contributed by atoms with Gasteiger partial charge in [0.1, 0.15) is 0 Å². The Kier molecular flexibility index (Phi) is 5.03. The zero-order chi connectivity index (χ0) is 13.5. The summed E-state index contributed by atoms with van der Waals surface area (Å²) < 4.78 is 10.5. The van der Waals surface area contributed by atoms with Crippen LogP contribution < -0.4 is 14.8 Å². The lowest BCUT2D eigenvalue weighted by molar-refractivity contribution is -0.121. The van der Waals surface area contributed by atoms with Gasteiger partial charge in [0.25, 0.3) is 0 Å². The highest BCUT2D eigenvalue weighted by atomic mass is 16.7. The molecule has 0 fully saturated rings. The molecule has 5 nitrogen and oxygen atoms in total. The van der Waals surface area contributed by atoms with Gasteiger partial charge in [0.15, 0.2) is 11.5 Å². The van der Waals surface area contributed by atoms with E-state index >= 15 is 0 Å². The number of aliphatic hydroxyl groups is 1. The minimum atomic E-state index is 0.0363. The number of unbranched alkanes of at least 4 members (excludes halogenated alkanes) is 1. The van der Waals surface area contributed by atoms with Crippen LogP contribution in [0, 0.1) is 0 Å². The summed E-state index contributed by atoms with van der Waals surface area (Å²) in [5, 5.41) is 11.5. The van der Waals surface area contributed by atoms with Crippen LogP contribution in [0.4, 0.5) is 0 Å². The summed E-state index contributed by atoms with van der Waals surface area (Å²) in [6.07, 6.45) is 2.64. The van der Waals surface area contributed by atoms with Crippen LogP contribution in [0.5, 0.6) is 11.5 Å². The first kappa shape index (κ1) is 13.7. The van der Waals surface area contributed by atoms with E-state index in [0.29, 0.717) is 19.4 Å². The predicted octanol–water partition coefficient (Wildman–Crippen LogP) is 1.24. The molecule has 0 aliphatic carbocycles. The van der Waals surface area contributed by atoms with E-state index in [4.69, 9.17) is 14.6 Å². The molecule has 1 aliphatic rings. The van der Waals surface area contributed by atoms with Crippen LogP contribution in [0.2, 0.25) is 0 Å². The van der Waals surface area contributed by atoms with Gasteiger partial charge in [-0.3, -0.25) is 4.79 Å². The number of carbonyl (C=O) groups excluding carboxylic acids is 1. The average molecular weight is 265 g/mol.